The van der Waals surface area contributed by atoms with Crippen LogP contribution >= 0.6 is 0 Å². The second kappa shape index (κ2) is 16.4. The van der Waals surface area contributed by atoms with Crippen LogP contribution in [0.5, 0.6) is 0 Å². The Hall–Kier alpha value is -2.03. The minimum absolute atomic E-state index is 0.232. The number of hydrogen-bond donors (Lipinski definition) is 4. The predicted octanol–water partition coefficient (Wildman–Crippen LogP) is 1.13. The number of amides is 3. The number of unbranched alkanes of at least 4 members (excludes halogenated alkanes) is 2. The number of nitrogens with one attached hydrogen (secondary N) is 4. The Morgan fingerprint density at radius 3 is 2.08 bits per heavy atom. The number of carbonyl (C=O) groups is 3. The summed E-state index contributed by atoms with van der Waals surface area (Å²) >= 11 is 0. The van der Waals surface area contributed by atoms with E-state index >= 15 is 0 Å². The maximum absolute atomic E-state index is 12.3. The first-order valence-electron chi connectivity index (χ1n) is 9.31. The standard InChI is InChI=1S/C17H34N4O5/c1-4-25-16(23)20-13-9-10-14(21-17(24)26-5-2)15(22)19-12-8-6-7-11-18-3/h14,18H,4-13H2,1-3H3,(H,19,22)(H,20,23)(H,21,24). The predicted molar refractivity (Wildman–Crippen MR) is 99.0 cm³/mol. The Balaban J connectivity index is 4.24. The summed E-state index contributed by atoms with van der Waals surface area (Å²) in [7, 11) is 1.91. The van der Waals surface area contributed by atoms with Gasteiger partial charge in [0.05, 0.1) is 13.2 Å². The maximum Gasteiger partial charge on any atom is 0.407 e. The lowest BCUT2D eigenvalue weighted by atomic mass is 10.1. The smallest absolute Gasteiger partial charge is 0.407 e. The van der Waals surface area contributed by atoms with Crippen LogP contribution in [-0.4, -0.2) is 64.0 Å². The van der Waals surface area contributed by atoms with E-state index in [0.29, 0.717) is 32.5 Å². The van der Waals surface area contributed by atoms with Gasteiger partial charge < -0.3 is 30.7 Å². The molecule has 0 bridgehead atoms. The third-order valence-corrected chi connectivity index (χ3v) is 3.50. The molecule has 0 aromatic carbocycles. The third-order valence-electron chi connectivity index (χ3n) is 3.50. The number of alkyl carbamates (subject to hydrolysis) is 2. The average Bonchev–Trinajstić information content (AvgIpc) is 2.60. The van der Waals surface area contributed by atoms with Crippen LogP contribution in [0.15, 0.2) is 0 Å². The summed E-state index contributed by atoms with van der Waals surface area (Å²) in [5.41, 5.74) is 0. The van der Waals surface area contributed by atoms with Crippen molar-refractivity contribution in [3.63, 3.8) is 0 Å². The van der Waals surface area contributed by atoms with Crippen molar-refractivity contribution in [1.29, 1.82) is 0 Å². The Kier molecular flexibility index (Phi) is 15.2. The lowest BCUT2D eigenvalue weighted by molar-refractivity contribution is -0.123. The zero-order valence-corrected chi connectivity index (χ0v) is 16.2. The second-order valence-corrected chi connectivity index (χ2v) is 5.66. The van der Waals surface area contributed by atoms with Crippen LogP contribution in [0.4, 0.5) is 9.59 Å². The monoisotopic (exact) mass is 374 g/mol. The lowest BCUT2D eigenvalue weighted by Gasteiger charge is -2.18. The van der Waals surface area contributed by atoms with Crippen LogP contribution in [0.3, 0.4) is 0 Å². The van der Waals surface area contributed by atoms with Crippen molar-refractivity contribution < 1.29 is 23.9 Å². The summed E-state index contributed by atoms with van der Waals surface area (Å²) in [4.78, 5) is 35.1. The molecule has 0 aliphatic rings. The summed E-state index contributed by atoms with van der Waals surface area (Å²) in [5.74, 6) is -0.247. The molecule has 152 valence electrons. The summed E-state index contributed by atoms with van der Waals surface area (Å²) in [6.07, 6.45) is 2.73. The Morgan fingerprint density at radius 2 is 1.42 bits per heavy atom. The molecule has 9 heteroatoms. The molecule has 0 aliphatic heterocycles. The Labute approximate surface area is 155 Å². The fourth-order valence-electron chi connectivity index (χ4n) is 2.20. The first-order chi connectivity index (χ1) is 12.5. The van der Waals surface area contributed by atoms with Crippen LogP contribution in [0.25, 0.3) is 0 Å². The van der Waals surface area contributed by atoms with E-state index in [2.05, 4.69) is 21.3 Å². The fourth-order valence-corrected chi connectivity index (χ4v) is 2.20. The van der Waals surface area contributed by atoms with E-state index in [1.165, 1.54) is 0 Å². The van der Waals surface area contributed by atoms with Gasteiger partial charge >= 0.3 is 12.2 Å². The van der Waals surface area contributed by atoms with Crippen LogP contribution < -0.4 is 21.3 Å². The molecule has 4 N–H and O–H groups in total. The number of rotatable bonds is 14. The van der Waals surface area contributed by atoms with Gasteiger partial charge in [-0.1, -0.05) is 6.42 Å². The summed E-state index contributed by atoms with van der Waals surface area (Å²) in [6.45, 7) is 5.83. The average molecular weight is 374 g/mol. The zero-order chi connectivity index (χ0) is 19.6. The number of carbonyl (C=O) groups excluding carboxylic acids is 3. The van der Waals surface area contributed by atoms with E-state index in [9.17, 15) is 14.4 Å². The molecule has 1 unspecified atom stereocenters. The van der Waals surface area contributed by atoms with Crippen LogP contribution in [-0.2, 0) is 14.3 Å². The van der Waals surface area contributed by atoms with Crippen molar-refractivity contribution in [2.75, 3.05) is 39.9 Å². The molecule has 0 aliphatic carbocycles. The van der Waals surface area contributed by atoms with Crippen LogP contribution in [0.1, 0.15) is 46.0 Å². The molecule has 0 saturated carbocycles. The van der Waals surface area contributed by atoms with Crippen molar-refractivity contribution in [2.24, 2.45) is 0 Å². The minimum atomic E-state index is -0.699. The molecule has 0 aromatic heterocycles. The molecule has 1 atom stereocenters. The summed E-state index contributed by atoms with van der Waals surface area (Å²) in [5, 5.41) is 11.1. The van der Waals surface area contributed by atoms with Gasteiger partial charge in [-0.15, -0.1) is 0 Å². The molecule has 0 spiro atoms. The Morgan fingerprint density at radius 1 is 0.808 bits per heavy atom. The van der Waals surface area contributed by atoms with Crippen molar-refractivity contribution in [1.82, 2.24) is 21.3 Å². The van der Waals surface area contributed by atoms with Crippen molar-refractivity contribution >= 4 is 18.1 Å². The highest BCUT2D eigenvalue weighted by molar-refractivity contribution is 5.85. The van der Waals surface area contributed by atoms with E-state index in [-0.39, 0.29) is 12.5 Å². The van der Waals surface area contributed by atoms with Crippen molar-refractivity contribution in [3.8, 4) is 0 Å². The molecule has 0 heterocycles. The van der Waals surface area contributed by atoms with Crippen molar-refractivity contribution in [3.05, 3.63) is 0 Å². The molecule has 0 saturated heterocycles. The topological polar surface area (TPSA) is 118 Å². The van der Waals surface area contributed by atoms with E-state index in [4.69, 9.17) is 9.47 Å². The first kappa shape index (κ1) is 24.0. The van der Waals surface area contributed by atoms with Gasteiger partial charge in [-0.05, 0) is 53.1 Å². The van der Waals surface area contributed by atoms with E-state index < -0.39 is 18.2 Å². The largest absolute Gasteiger partial charge is 0.450 e. The maximum atomic E-state index is 12.3. The van der Waals surface area contributed by atoms with Gasteiger partial charge in [-0.2, -0.15) is 0 Å². The summed E-state index contributed by atoms with van der Waals surface area (Å²) in [6, 6.07) is -0.699. The zero-order valence-electron chi connectivity index (χ0n) is 16.2. The number of ether oxygens (including phenoxy) is 2. The highest BCUT2D eigenvalue weighted by Crippen LogP contribution is 2.00. The van der Waals surface area contributed by atoms with Gasteiger partial charge in [0, 0.05) is 13.1 Å². The molecular weight excluding hydrogens is 340 g/mol. The van der Waals surface area contributed by atoms with Gasteiger partial charge in [-0.25, -0.2) is 9.59 Å². The van der Waals surface area contributed by atoms with Crippen LogP contribution in [0.2, 0.25) is 0 Å². The highest BCUT2D eigenvalue weighted by atomic mass is 16.6. The fraction of sp³-hybridized carbons (Fsp3) is 0.824. The van der Waals surface area contributed by atoms with Gasteiger partial charge in [0.15, 0.2) is 0 Å². The third kappa shape index (κ3) is 13.3. The van der Waals surface area contributed by atoms with Crippen LogP contribution in [0, 0.1) is 0 Å². The minimum Gasteiger partial charge on any atom is -0.450 e. The molecule has 0 aromatic rings. The summed E-state index contributed by atoms with van der Waals surface area (Å²) < 4.78 is 9.60. The first-order valence-corrected chi connectivity index (χ1v) is 9.31. The van der Waals surface area contributed by atoms with E-state index in [1.807, 2.05) is 7.05 Å². The van der Waals surface area contributed by atoms with Gasteiger partial charge in [0.2, 0.25) is 5.91 Å². The van der Waals surface area contributed by atoms with E-state index in [1.54, 1.807) is 13.8 Å². The quantitative estimate of drug-likeness (QED) is 0.339. The molecule has 0 rings (SSSR count). The molecule has 9 nitrogen and oxygen atoms in total. The molecule has 26 heavy (non-hydrogen) atoms. The van der Waals surface area contributed by atoms with Gasteiger partial charge in [0.1, 0.15) is 6.04 Å². The van der Waals surface area contributed by atoms with Gasteiger partial charge in [0.25, 0.3) is 0 Å². The number of hydrogen-bond acceptors (Lipinski definition) is 6. The molecule has 0 fully saturated rings. The second-order valence-electron chi connectivity index (χ2n) is 5.66. The van der Waals surface area contributed by atoms with Gasteiger partial charge in [-0.3, -0.25) is 4.79 Å². The normalized spacial score (nSPS) is 11.3. The van der Waals surface area contributed by atoms with Crippen molar-refractivity contribution in [2.45, 2.75) is 52.0 Å². The lowest BCUT2D eigenvalue weighted by Crippen LogP contribution is -2.47. The highest BCUT2D eigenvalue weighted by Gasteiger charge is 2.20. The molecule has 3 amide bonds. The molecule has 0 radical (unpaired) electrons. The van der Waals surface area contributed by atoms with E-state index in [0.717, 1.165) is 25.8 Å². The SMILES string of the molecule is CCOC(=O)NCCCC(NC(=O)OCC)C(=O)NCCCCCNC. The molecular formula is C17H34N4O5. The Bertz CT molecular complexity index is 407.